The van der Waals surface area contributed by atoms with Gasteiger partial charge in [-0.25, -0.2) is 9.37 Å². The third kappa shape index (κ3) is 3.62. The van der Waals surface area contributed by atoms with Gasteiger partial charge in [0.1, 0.15) is 11.6 Å². The second-order valence-electron chi connectivity index (χ2n) is 5.00. The van der Waals surface area contributed by atoms with Crippen LogP contribution in [0.4, 0.5) is 4.39 Å². The number of aryl methyl sites for hydroxylation is 1. The van der Waals surface area contributed by atoms with Crippen LogP contribution in [0, 0.1) is 5.82 Å². The minimum atomic E-state index is -0.569. The van der Waals surface area contributed by atoms with Crippen LogP contribution in [0.3, 0.4) is 0 Å². The number of carbonyl (C=O) groups excluding carboxylic acids is 1. The van der Waals surface area contributed by atoms with E-state index in [0.717, 1.165) is 16.2 Å². The minimum absolute atomic E-state index is 0. The lowest BCUT2D eigenvalue weighted by atomic mass is 10.1. The second-order valence-corrected chi connectivity index (χ2v) is 5.94. The monoisotopic (exact) mass is 409 g/mol. The summed E-state index contributed by atoms with van der Waals surface area (Å²) in [6, 6.07) is 12.0. The summed E-state index contributed by atoms with van der Waals surface area (Å²) in [5, 5.41) is 0.730. The highest BCUT2D eigenvalue weighted by Gasteiger charge is 2.15. The summed E-state index contributed by atoms with van der Waals surface area (Å²) in [5.74, 6) is -0.329. The van der Waals surface area contributed by atoms with Gasteiger partial charge in [-0.15, -0.1) is 0 Å². The van der Waals surface area contributed by atoms with Gasteiger partial charge in [-0.1, -0.05) is 23.9 Å². The van der Waals surface area contributed by atoms with Crippen molar-refractivity contribution >= 4 is 28.6 Å². The summed E-state index contributed by atoms with van der Waals surface area (Å²) < 4.78 is 20.8. The van der Waals surface area contributed by atoms with Crippen LogP contribution >= 0.6 is 11.8 Å². The molecule has 3 aromatic rings. The van der Waals surface area contributed by atoms with Crippen molar-refractivity contribution in [2.45, 2.75) is 5.16 Å². The number of ether oxygens (including phenoxy) is 1. The van der Waals surface area contributed by atoms with E-state index in [2.05, 4.69) is 4.98 Å². The molecule has 0 radical (unpaired) electrons. The molecule has 0 spiro atoms. The molecule has 2 aromatic carbocycles. The van der Waals surface area contributed by atoms with E-state index in [0.29, 0.717) is 5.75 Å². The lowest BCUT2D eigenvalue weighted by Crippen LogP contribution is -3.00. The Morgan fingerprint density at radius 3 is 2.71 bits per heavy atom. The highest BCUT2D eigenvalue weighted by Crippen LogP contribution is 2.24. The Morgan fingerprint density at radius 1 is 1.29 bits per heavy atom. The average molecular weight is 410 g/mol. The van der Waals surface area contributed by atoms with E-state index in [-0.39, 0.29) is 34.1 Å². The van der Waals surface area contributed by atoms with Crippen molar-refractivity contribution in [3.8, 4) is 5.75 Å². The average Bonchev–Trinajstić information content (AvgIpc) is 2.89. The van der Waals surface area contributed by atoms with Crippen LogP contribution in [0.1, 0.15) is 10.4 Å². The Morgan fingerprint density at radius 2 is 2.04 bits per heavy atom. The molecule has 4 nitrogen and oxygen atoms in total. The molecule has 0 N–H and O–H groups in total. The predicted molar refractivity (Wildman–Crippen MR) is 88.7 cm³/mol. The molecule has 1 aromatic heterocycles. The van der Waals surface area contributed by atoms with Crippen molar-refractivity contribution in [1.82, 2.24) is 9.55 Å². The fraction of sp³-hybridized carbons (Fsp3) is 0.176. The van der Waals surface area contributed by atoms with Gasteiger partial charge < -0.3 is 26.3 Å². The normalized spacial score (nSPS) is 10.5. The molecule has 0 saturated carbocycles. The van der Waals surface area contributed by atoms with Crippen molar-refractivity contribution in [3.63, 3.8) is 0 Å². The molecule has 0 fully saturated rings. The van der Waals surface area contributed by atoms with Gasteiger partial charge in [0.2, 0.25) is 0 Å². The van der Waals surface area contributed by atoms with E-state index in [1.807, 2.05) is 35.9 Å². The van der Waals surface area contributed by atoms with Crippen LogP contribution in [0.5, 0.6) is 5.75 Å². The SMILES string of the molecule is COc1ccc(C(=O)CSc2nc3ccccc3n2C)c(F)c1.[Br-]. The minimum Gasteiger partial charge on any atom is -1.00 e. The molecular weight excluding hydrogens is 395 g/mol. The smallest absolute Gasteiger partial charge is 0.176 e. The van der Waals surface area contributed by atoms with Crippen molar-refractivity contribution in [3.05, 3.63) is 53.8 Å². The van der Waals surface area contributed by atoms with Crippen molar-refractivity contribution in [1.29, 1.82) is 0 Å². The number of methoxy groups -OCH3 is 1. The summed E-state index contributed by atoms with van der Waals surface area (Å²) in [6.45, 7) is 0. The molecule has 7 heteroatoms. The van der Waals surface area contributed by atoms with Crippen LogP contribution < -0.4 is 21.7 Å². The Kier molecular flexibility index (Phi) is 6.01. The number of hydrogen-bond donors (Lipinski definition) is 0. The molecule has 0 atom stereocenters. The molecule has 0 unspecified atom stereocenters. The molecule has 1 heterocycles. The molecule has 0 amide bonds. The number of benzene rings is 2. The highest BCUT2D eigenvalue weighted by atomic mass is 79.9. The molecule has 0 aliphatic rings. The van der Waals surface area contributed by atoms with Crippen molar-refractivity contribution < 1.29 is 30.9 Å². The number of fused-ring (bicyclic) bond motifs is 1. The number of imidazole rings is 1. The highest BCUT2D eigenvalue weighted by molar-refractivity contribution is 7.99. The van der Waals surface area contributed by atoms with E-state index >= 15 is 0 Å². The molecule has 0 saturated heterocycles. The molecule has 24 heavy (non-hydrogen) atoms. The number of rotatable bonds is 5. The topological polar surface area (TPSA) is 44.1 Å². The van der Waals surface area contributed by atoms with Crippen LogP contribution in [-0.2, 0) is 7.05 Å². The standard InChI is InChI=1S/C17H15FN2O2S.BrH/c1-20-15-6-4-3-5-14(15)19-17(20)23-10-16(21)12-8-7-11(22-2)9-13(12)18;/h3-9H,10H2,1-2H3;1H/p-1. The first kappa shape index (κ1) is 18.5. The predicted octanol–water partition coefficient (Wildman–Crippen LogP) is 0.700. The van der Waals surface area contributed by atoms with Gasteiger partial charge in [0.15, 0.2) is 10.9 Å². The zero-order valence-corrected chi connectivity index (χ0v) is 15.5. The number of halogens is 2. The van der Waals surface area contributed by atoms with Gasteiger partial charge in [-0.05, 0) is 24.3 Å². The molecule has 126 valence electrons. The Labute approximate surface area is 153 Å². The molecule has 0 aliphatic carbocycles. The number of thioether (sulfide) groups is 1. The van der Waals surface area contributed by atoms with Gasteiger partial charge in [-0.2, -0.15) is 0 Å². The molecule has 0 aliphatic heterocycles. The fourth-order valence-corrected chi connectivity index (χ4v) is 3.18. The maximum atomic E-state index is 13.9. The van der Waals surface area contributed by atoms with E-state index in [4.69, 9.17) is 4.74 Å². The summed E-state index contributed by atoms with van der Waals surface area (Å²) >= 11 is 1.30. The maximum absolute atomic E-state index is 13.9. The Hall–Kier alpha value is -1.86. The zero-order chi connectivity index (χ0) is 16.4. The summed E-state index contributed by atoms with van der Waals surface area (Å²) in [6.07, 6.45) is 0. The number of carbonyl (C=O) groups is 1. The largest absolute Gasteiger partial charge is 1.00 e. The maximum Gasteiger partial charge on any atom is 0.176 e. The van der Waals surface area contributed by atoms with Crippen LogP contribution in [0.15, 0.2) is 47.6 Å². The third-order valence-corrected chi connectivity index (χ3v) is 4.59. The van der Waals surface area contributed by atoms with Gasteiger partial charge in [0.25, 0.3) is 0 Å². The van der Waals surface area contributed by atoms with Gasteiger partial charge in [-0.3, -0.25) is 4.79 Å². The Balaban J connectivity index is 0.00000208. The lowest BCUT2D eigenvalue weighted by molar-refractivity contribution is -0.0000137. The number of nitrogens with zero attached hydrogens (tertiary/aromatic N) is 2. The van der Waals surface area contributed by atoms with Crippen LogP contribution in [-0.4, -0.2) is 28.2 Å². The van der Waals surface area contributed by atoms with Gasteiger partial charge >= 0.3 is 0 Å². The van der Waals surface area contributed by atoms with E-state index in [1.165, 1.54) is 31.0 Å². The zero-order valence-electron chi connectivity index (χ0n) is 13.1. The summed E-state index contributed by atoms with van der Waals surface area (Å²) in [7, 11) is 3.36. The van der Waals surface area contributed by atoms with Gasteiger partial charge in [0.05, 0.1) is 29.5 Å². The van der Waals surface area contributed by atoms with E-state index in [1.54, 1.807) is 6.07 Å². The Bertz CT molecular complexity index is 882. The first-order valence-electron chi connectivity index (χ1n) is 7.01. The van der Waals surface area contributed by atoms with Crippen LogP contribution in [0.2, 0.25) is 0 Å². The molecule has 0 bridgehead atoms. The number of aromatic nitrogens is 2. The third-order valence-electron chi connectivity index (χ3n) is 3.56. The molecule has 3 rings (SSSR count). The number of hydrogen-bond acceptors (Lipinski definition) is 4. The number of Topliss-reactive ketones (excluding diaryl/α,β-unsaturated/α-hetero) is 1. The first-order chi connectivity index (χ1) is 11.1. The van der Waals surface area contributed by atoms with E-state index < -0.39 is 5.82 Å². The quantitative estimate of drug-likeness (QED) is 0.459. The number of para-hydroxylation sites is 2. The van der Waals surface area contributed by atoms with Crippen LogP contribution in [0.25, 0.3) is 11.0 Å². The van der Waals surface area contributed by atoms with E-state index in [9.17, 15) is 9.18 Å². The first-order valence-corrected chi connectivity index (χ1v) is 7.99. The van der Waals surface area contributed by atoms with Crippen molar-refractivity contribution in [2.24, 2.45) is 7.05 Å². The van der Waals surface area contributed by atoms with Crippen molar-refractivity contribution in [2.75, 3.05) is 12.9 Å². The number of ketones is 1. The molecular formula is C17H15BrFN2O2S-. The summed E-state index contributed by atoms with van der Waals surface area (Å²) in [4.78, 5) is 16.7. The summed E-state index contributed by atoms with van der Waals surface area (Å²) in [5.41, 5.74) is 1.94. The fourth-order valence-electron chi connectivity index (χ4n) is 2.31. The lowest BCUT2D eigenvalue weighted by Gasteiger charge is -2.05. The second kappa shape index (κ2) is 7.81. The van der Waals surface area contributed by atoms with Gasteiger partial charge in [0, 0.05) is 13.1 Å².